The minimum atomic E-state index is -2.48. The summed E-state index contributed by atoms with van der Waals surface area (Å²) in [6.07, 6.45) is 0. The van der Waals surface area contributed by atoms with E-state index in [9.17, 15) is 20.2 Å². The highest BCUT2D eigenvalue weighted by Crippen LogP contribution is 2.46. The van der Waals surface area contributed by atoms with Gasteiger partial charge < -0.3 is 9.74 Å². The Kier molecular flexibility index (Phi) is 7.84. The standard InChI is InChI=1S/C31H30N4O4Si/c1-31(2,3)40(4,5)39-30-27(21-13-8-6-9-14-21)26(23-17-12-18-24(19-23)35(37)38)25(20-32)28(34-30)33-29(36)22-15-10-7-11-16-22/h6-19H,1-5H3,(H,33,34,36). The van der Waals surface area contributed by atoms with Crippen molar-refractivity contribution in [2.24, 2.45) is 0 Å². The summed E-state index contributed by atoms with van der Waals surface area (Å²) in [4.78, 5) is 29.2. The topological polar surface area (TPSA) is 118 Å². The van der Waals surface area contributed by atoms with Crippen LogP contribution in [-0.4, -0.2) is 24.1 Å². The van der Waals surface area contributed by atoms with Gasteiger partial charge in [-0.2, -0.15) is 10.2 Å². The summed E-state index contributed by atoms with van der Waals surface area (Å²) in [5.41, 5.74) is 2.42. The third-order valence-corrected chi connectivity index (χ3v) is 11.4. The van der Waals surface area contributed by atoms with E-state index in [1.807, 2.05) is 30.3 Å². The Morgan fingerprint density at radius 1 is 0.950 bits per heavy atom. The van der Waals surface area contributed by atoms with Crippen LogP contribution in [0.4, 0.5) is 11.5 Å². The smallest absolute Gasteiger partial charge is 0.270 e. The number of nitrogens with zero attached hydrogens (tertiary/aromatic N) is 3. The summed E-state index contributed by atoms with van der Waals surface area (Å²) in [5.74, 6) is -0.173. The fourth-order valence-electron chi connectivity index (χ4n) is 3.94. The third kappa shape index (κ3) is 5.77. The summed E-state index contributed by atoms with van der Waals surface area (Å²) < 4.78 is 6.75. The number of hydrogen-bond acceptors (Lipinski definition) is 6. The summed E-state index contributed by atoms with van der Waals surface area (Å²) in [6.45, 7) is 10.5. The van der Waals surface area contributed by atoms with E-state index < -0.39 is 19.1 Å². The Labute approximate surface area is 234 Å². The van der Waals surface area contributed by atoms with Crippen LogP contribution < -0.4 is 9.74 Å². The average molecular weight is 551 g/mol. The number of non-ortho nitro benzene ring substituents is 1. The fraction of sp³-hybridized carbons (Fsp3) is 0.194. The van der Waals surface area contributed by atoms with Crippen LogP contribution in [0.2, 0.25) is 18.1 Å². The van der Waals surface area contributed by atoms with Gasteiger partial charge in [0.05, 0.1) is 10.5 Å². The first-order valence-corrected chi connectivity index (χ1v) is 15.7. The van der Waals surface area contributed by atoms with Crippen molar-refractivity contribution in [2.75, 3.05) is 5.32 Å². The second-order valence-electron chi connectivity index (χ2n) is 10.9. The van der Waals surface area contributed by atoms with Gasteiger partial charge in [-0.05, 0) is 41.4 Å². The van der Waals surface area contributed by atoms with E-state index in [1.165, 1.54) is 12.1 Å². The zero-order valence-electron chi connectivity index (χ0n) is 23.1. The van der Waals surface area contributed by atoms with Gasteiger partial charge in [0.2, 0.25) is 5.88 Å². The van der Waals surface area contributed by atoms with Crippen molar-refractivity contribution in [3.8, 4) is 34.2 Å². The zero-order chi connectivity index (χ0) is 29.1. The molecule has 0 spiro atoms. The number of nitro groups is 1. The molecule has 0 atom stereocenters. The van der Waals surface area contributed by atoms with Gasteiger partial charge >= 0.3 is 0 Å². The lowest BCUT2D eigenvalue weighted by Gasteiger charge is -2.37. The molecule has 0 aliphatic heterocycles. The Morgan fingerprint density at radius 2 is 1.55 bits per heavy atom. The van der Waals surface area contributed by atoms with Crippen molar-refractivity contribution in [3.05, 3.63) is 106 Å². The van der Waals surface area contributed by atoms with Crippen LogP contribution in [0.5, 0.6) is 5.88 Å². The molecule has 202 valence electrons. The van der Waals surface area contributed by atoms with Gasteiger partial charge in [-0.25, -0.2) is 0 Å². The fourth-order valence-corrected chi connectivity index (χ4v) is 4.87. The number of carbonyl (C=O) groups excluding carboxylic acids is 1. The molecule has 1 amide bonds. The molecule has 1 heterocycles. The molecule has 1 aromatic heterocycles. The van der Waals surface area contributed by atoms with Crippen LogP contribution in [0.15, 0.2) is 84.9 Å². The number of amides is 1. The number of nitro benzene ring substituents is 1. The second-order valence-corrected chi connectivity index (χ2v) is 15.6. The summed E-state index contributed by atoms with van der Waals surface area (Å²) >= 11 is 0. The Hall–Kier alpha value is -4.81. The molecular formula is C31H30N4O4Si. The van der Waals surface area contributed by atoms with Crippen LogP contribution >= 0.6 is 0 Å². The Bertz CT molecular complexity index is 1610. The number of aromatic nitrogens is 1. The molecule has 0 radical (unpaired) electrons. The second kappa shape index (κ2) is 11.1. The highest BCUT2D eigenvalue weighted by molar-refractivity contribution is 6.74. The monoisotopic (exact) mass is 550 g/mol. The lowest BCUT2D eigenvalue weighted by atomic mass is 9.91. The predicted octanol–water partition coefficient (Wildman–Crippen LogP) is 7.83. The van der Waals surface area contributed by atoms with E-state index in [2.05, 4.69) is 45.3 Å². The SMILES string of the molecule is CC(C)(C)[Si](C)(C)Oc1nc(NC(=O)c2ccccc2)c(C#N)c(-c2cccc([N+](=O)[O-])c2)c1-c1ccccc1. The Balaban J connectivity index is 2.08. The maximum absolute atomic E-state index is 13.2. The first kappa shape index (κ1) is 28.2. The number of nitrogens with one attached hydrogen (secondary N) is 1. The minimum Gasteiger partial charge on any atom is -0.530 e. The lowest BCUT2D eigenvalue weighted by molar-refractivity contribution is -0.384. The molecule has 0 unspecified atom stereocenters. The van der Waals surface area contributed by atoms with E-state index in [0.717, 1.165) is 5.56 Å². The molecule has 0 saturated carbocycles. The highest BCUT2D eigenvalue weighted by atomic mass is 28.4. The summed E-state index contributed by atoms with van der Waals surface area (Å²) in [5, 5.41) is 24.7. The van der Waals surface area contributed by atoms with Crippen molar-refractivity contribution in [3.63, 3.8) is 0 Å². The number of anilines is 1. The quantitative estimate of drug-likeness (QED) is 0.142. The van der Waals surface area contributed by atoms with Crippen LogP contribution in [0.25, 0.3) is 22.3 Å². The molecule has 8 nitrogen and oxygen atoms in total. The van der Waals surface area contributed by atoms with Gasteiger partial charge in [0.1, 0.15) is 11.6 Å². The number of rotatable bonds is 7. The molecule has 9 heteroatoms. The molecule has 4 aromatic rings. The first-order valence-electron chi connectivity index (χ1n) is 12.8. The van der Waals surface area contributed by atoms with Gasteiger partial charge in [-0.3, -0.25) is 14.9 Å². The van der Waals surface area contributed by atoms with Gasteiger partial charge in [-0.15, -0.1) is 0 Å². The molecule has 3 aromatic carbocycles. The lowest BCUT2D eigenvalue weighted by Crippen LogP contribution is -2.44. The number of carbonyl (C=O) groups is 1. The third-order valence-electron chi connectivity index (χ3n) is 7.11. The van der Waals surface area contributed by atoms with E-state index in [-0.39, 0.29) is 28.0 Å². The molecule has 4 rings (SSSR count). The average Bonchev–Trinajstić information content (AvgIpc) is 2.93. The zero-order valence-corrected chi connectivity index (χ0v) is 24.1. The molecule has 0 fully saturated rings. The highest BCUT2D eigenvalue weighted by Gasteiger charge is 2.40. The van der Waals surface area contributed by atoms with Gasteiger partial charge in [0.25, 0.3) is 19.9 Å². The van der Waals surface area contributed by atoms with Crippen molar-refractivity contribution in [1.82, 2.24) is 4.98 Å². The van der Waals surface area contributed by atoms with E-state index in [0.29, 0.717) is 22.3 Å². The van der Waals surface area contributed by atoms with Crippen molar-refractivity contribution >= 4 is 25.7 Å². The van der Waals surface area contributed by atoms with E-state index in [1.54, 1.807) is 42.5 Å². The molecule has 40 heavy (non-hydrogen) atoms. The number of pyridine rings is 1. The van der Waals surface area contributed by atoms with E-state index in [4.69, 9.17) is 9.41 Å². The van der Waals surface area contributed by atoms with Gasteiger partial charge in [0.15, 0.2) is 5.82 Å². The first-order chi connectivity index (χ1) is 18.9. The largest absolute Gasteiger partial charge is 0.530 e. The summed E-state index contributed by atoms with van der Waals surface area (Å²) in [7, 11) is -2.48. The molecule has 0 bridgehead atoms. The predicted molar refractivity (Wildman–Crippen MR) is 159 cm³/mol. The van der Waals surface area contributed by atoms with Gasteiger partial charge in [-0.1, -0.05) is 81.4 Å². The Morgan fingerprint density at radius 3 is 2.12 bits per heavy atom. The van der Waals surface area contributed by atoms with E-state index >= 15 is 0 Å². The molecule has 0 saturated heterocycles. The van der Waals surface area contributed by atoms with Crippen LogP contribution in [0.3, 0.4) is 0 Å². The van der Waals surface area contributed by atoms with Crippen LogP contribution in [0.1, 0.15) is 36.7 Å². The summed E-state index contributed by atoms with van der Waals surface area (Å²) in [6, 6.07) is 26.2. The molecule has 0 aliphatic rings. The number of benzene rings is 3. The van der Waals surface area contributed by atoms with Crippen molar-refractivity contribution in [1.29, 1.82) is 5.26 Å². The number of hydrogen-bond donors (Lipinski definition) is 1. The number of nitriles is 1. The van der Waals surface area contributed by atoms with Crippen LogP contribution in [-0.2, 0) is 0 Å². The maximum Gasteiger partial charge on any atom is 0.270 e. The molecular weight excluding hydrogens is 520 g/mol. The molecule has 0 aliphatic carbocycles. The normalized spacial score (nSPS) is 11.4. The van der Waals surface area contributed by atoms with Crippen LogP contribution in [0, 0.1) is 21.4 Å². The maximum atomic E-state index is 13.2. The van der Waals surface area contributed by atoms with Crippen molar-refractivity contribution in [2.45, 2.75) is 38.9 Å². The van der Waals surface area contributed by atoms with Crippen molar-refractivity contribution < 1.29 is 14.1 Å². The minimum absolute atomic E-state index is 0.0197. The van der Waals surface area contributed by atoms with Gasteiger partial charge in [0, 0.05) is 23.3 Å². The molecule has 1 N–H and O–H groups in total.